The van der Waals surface area contributed by atoms with Gasteiger partial charge in [0, 0.05) is 43.3 Å². The normalized spacial score (nSPS) is 19.1. The lowest BCUT2D eigenvalue weighted by Crippen LogP contribution is -2.31. The Morgan fingerprint density at radius 1 is 1.08 bits per heavy atom. The van der Waals surface area contributed by atoms with Crippen LogP contribution >= 0.6 is 11.8 Å². The minimum atomic E-state index is -0.817. The maximum atomic E-state index is 12.4. The highest BCUT2D eigenvalue weighted by Crippen LogP contribution is 2.39. The van der Waals surface area contributed by atoms with Gasteiger partial charge in [-0.1, -0.05) is 54.6 Å². The van der Waals surface area contributed by atoms with Crippen LogP contribution in [0.5, 0.6) is 0 Å². The Kier molecular flexibility index (Phi) is 10.5. The molecule has 0 unspecified atom stereocenters. The molecule has 3 aromatic rings. The van der Waals surface area contributed by atoms with Gasteiger partial charge in [-0.3, -0.25) is 9.59 Å². The summed E-state index contributed by atoms with van der Waals surface area (Å²) in [6, 6.07) is 15.2. The number of hydrogen-bond acceptors (Lipinski definition) is 8. The number of aliphatic hydroxyl groups is 1. The maximum absolute atomic E-state index is 12.4. The van der Waals surface area contributed by atoms with Gasteiger partial charge >= 0.3 is 5.97 Å². The lowest BCUT2D eigenvalue weighted by molar-refractivity contribution is -0.245. The van der Waals surface area contributed by atoms with Crippen molar-refractivity contribution < 1.29 is 29.3 Å². The number of aryl methyl sites for hydroxylation is 1. The summed E-state index contributed by atoms with van der Waals surface area (Å²) in [5.41, 5.74) is 3.28. The summed E-state index contributed by atoms with van der Waals surface area (Å²) >= 11 is 1.57. The molecule has 3 N–H and O–H groups in total. The number of hydrogen-bond donors (Lipinski definition) is 3. The number of nitrogens with zero attached hydrogens (tertiary/aromatic N) is 3. The van der Waals surface area contributed by atoms with Gasteiger partial charge in [-0.25, -0.2) is 0 Å². The van der Waals surface area contributed by atoms with Gasteiger partial charge in [0.2, 0.25) is 5.91 Å². The van der Waals surface area contributed by atoms with E-state index in [0.29, 0.717) is 43.5 Å². The van der Waals surface area contributed by atoms with E-state index in [-0.39, 0.29) is 31.1 Å². The minimum absolute atomic E-state index is 0.0185. The molecule has 0 bridgehead atoms. The van der Waals surface area contributed by atoms with Crippen LogP contribution in [0.15, 0.2) is 60.0 Å². The number of thioether (sulfide) groups is 1. The van der Waals surface area contributed by atoms with E-state index in [1.165, 1.54) is 0 Å². The van der Waals surface area contributed by atoms with Gasteiger partial charge in [0.15, 0.2) is 11.4 Å². The highest BCUT2D eigenvalue weighted by atomic mass is 32.2. The molecular weight excluding hydrogens is 520 g/mol. The number of aliphatic carboxylic acids is 1. The van der Waals surface area contributed by atoms with Crippen molar-refractivity contribution in [2.75, 3.05) is 11.1 Å². The Labute approximate surface area is 231 Å². The number of rotatable bonds is 13. The lowest BCUT2D eigenvalue weighted by Gasteiger charge is -2.36. The zero-order valence-electron chi connectivity index (χ0n) is 21.9. The molecule has 0 radical (unpaired) electrons. The number of ether oxygens (including phenoxy) is 2. The average Bonchev–Trinajstić information content (AvgIpc) is 3.36. The van der Waals surface area contributed by atoms with E-state index in [4.69, 9.17) is 14.6 Å². The molecule has 1 aromatic heterocycles. The fraction of sp³-hybridized carbons (Fsp3) is 0.429. The first-order chi connectivity index (χ1) is 18.9. The molecule has 1 aliphatic rings. The molecule has 2 heterocycles. The standard InChI is InChI=1S/C28H34N4O6S/c1-32-18-29-31-28(32)39-17-23-15-24(20-12-10-19(16-33)11-13-20)38-27(37-23)21-6-5-7-22(14-21)30-25(34)8-3-2-4-9-26(35)36/h5-7,10-14,18,23-24,27,33H,2-4,8-9,15-17H2,1H3,(H,30,34)(H,35,36)/t23-,24+,27+/m1/s1. The first kappa shape index (κ1) is 28.8. The number of carbonyl (C=O) groups excluding carboxylic acids is 1. The predicted molar refractivity (Wildman–Crippen MR) is 146 cm³/mol. The van der Waals surface area contributed by atoms with Gasteiger partial charge < -0.3 is 29.6 Å². The molecule has 1 aliphatic heterocycles. The summed E-state index contributed by atoms with van der Waals surface area (Å²) in [6.07, 6.45) is 3.67. The van der Waals surface area contributed by atoms with E-state index < -0.39 is 12.3 Å². The molecule has 10 nitrogen and oxygen atoms in total. The van der Waals surface area contributed by atoms with Crippen molar-refractivity contribution >= 4 is 29.3 Å². The summed E-state index contributed by atoms with van der Waals surface area (Å²) in [5, 5.41) is 30.0. The zero-order chi connectivity index (χ0) is 27.6. The molecule has 4 rings (SSSR count). The molecule has 39 heavy (non-hydrogen) atoms. The number of anilines is 1. The maximum Gasteiger partial charge on any atom is 0.303 e. The first-order valence-electron chi connectivity index (χ1n) is 13.0. The molecule has 208 valence electrons. The number of nitrogens with one attached hydrogen (secondary N) is 1. The van der Waals surface area contributed by atoms with Crippen molar-refractivity contribution in [2.45, 2.75) is 68.8 Å². The lowest BCUT2D eigenvalue weighted by atomic mass is 10.0. The molecule has 0 saturated carbocycles. The van der Waals surface area contributed by atoms with Crippen molar-refractivity contribution in [3.8, 4) is 0 Å². The van der Waals surface area contributed by atoms with Crippen LogP contribution in [-0.2, 0) is 32.7 Å². The van der Waals surface area contributed by atoms with E-state index in [9.17, 15) is 14.7 Å². The average molecular weight is 555 g/mol. The predicted octanol–water partition coefficient (Wildman–Crippen LogP) is 4.62. The summed E-state index contributed by atoms with van der Waals surface area (Å²) in [4.78, 5) is 23.1. The second-order valence-electron chi connectivity index (χ2n) is 9.51. The quantitative estimate of drug-likeness (QED) is 0.204. The van der Waals surface area contributed by atoms with Gasteiger partial charge in [-0.2, -0.15) is 0 Å². The van der Waals surface area contributed by atoms with Crippen molar-refractivity contribution in [3.63, 3.8) is 0 Å². The van der Waals surface area contributed by atoms with Crippen LogP contribution in [0.2, 0.25) is 0 Å². The van der Waals surface area contributed by atoms with Crippen LogP contribution in [-0.4, -0.2) is 48.7 Å². The van der Waals surface area contributed by atoms with Gasteiger partial charge in [0.05, 0.1) is 18.8 Å². The number of aliphatic hydroxyl groups excluding tert-OH is 1. The largest absolute Gasteiger partial charge is 0.481 e. The molecule has 1 saturated heterocycles. The Hall–Kier alpha value is -3.25. The van der Waals surface area contributed by atoms with Crippen molar-refractivity contribution in [3.05, 3.63) is 71.5 Å². The Morgan fingerprint density at radius 2 is 1.87 bits per heavy atom. The van der Waals surface area contributed by atoms with E-state index in [2.05, 4.69) is 15.5 Å². The van der Waals surface area contributed by atoms with Crippen molar-refractivity contribution in [1.29, 1.82) is 0 Å². The van der Waals surface area contributed by atoms with Crippen LogP contribution in [0.1, 0.15) is 67.6 Å². The summed E-state index contributed by atoms with van der Waals surface area (Å²) < 4.78 is 14.6. The van der Waals surface area contributed by atoms with Crippen LogP contribution < -0.4 is 5.32 Å². The fourth-order valence-electron chi connectivity index (χ4n) is 4.32. The monoisotopic (exact) mass is 554 g/mol. The van der Waals surface area contributed by atoms with Crippen LogP contribution in [0, 0.1) is 0 Å². The Bertz CT molecular complexity index is 1230. The van der Waals surface area contributed by atoms with Crippen LogP contribution in [0.25, 0.3) is 0 Å². The third kappa shape index (κ3) is 8.62. The molecule has 1 fully saturated rings. The summed E-state index contributed by atoms with van der Waals surface area (Å²) in [7, 11) is 1.90. The molecule has 2 aromatic carbocycles. The number of unbranched alkanes of at least 4 members (excludes halogenated alkanes) is 2. The molecule has 1 amide bonds. The zero-order valence-corrected chi connectivity index (χ0v) is 22.7. The second-order valence-corrected chi connectivity index (χ2v) is 10.5. The van der Waals surface area contributed by atoms with Gasteiger partial charge in [-0.15, -0.1) is 10.2 Å². The van der Waals surface area contributed by atoms with Gasteiger partial charge in [0.1, 0.15) is 6.33 Å². The third-order valence-electron chi connectivity index (χ3n) is 6.42. The highest BCUT2D eigenvalue weighted by Gasteiger charge is 2.32. The van der Waals surface area contributed by atoms with Crippen LogP contribution in [0.4, 0.5) is 5.69 Å². The van der Waals surface area contributed by atoms with Crippen molar-refractivity contribution in [2.24, 2.45) is 7.05 Å². The second kappa shape index (κ2) is 14.2. The van der Waals surface area contributed by atoms with Crippen LogP contribution in [0.3, 0.4) is 0 Å². The number of carboxylic acids is 1. The molecule has 0 spiro atoms. The SMILES string of the molecule is Cn1cnnc1SC[C@H]1C[C@@H](c2ccc(CO)cc2)O[C@@H](c2cccc(NC(=O)CCCCCC(=O)O)c2)O1. The first-order valence-corrected chi connectivity index (χ1v) is 14.0. The number of amides is 1. The smallest absolute Gasteiger partial charge is 0.303 e. The van der Waals surface area contributed by atoms with E-state index >= 15 is 0 Å². The molecular formula is C28H34N4O6S. The van der Waals surface area contributed by atoms with E-state index in [1.54, 1.807) is 18.1 Å². The number of aromatic nitrogens is 3. The van der Waals surface area contributed by atoms with E-state index in [1.807, 2.05) is 60.1 Å². The Balaban J connectivity index is 1.43. The number of carbonyl (C=O) groups is 2. The third-order valence-corrected chi connectivity index (χ3v) is 7.59. The molecule has 0 aliphatic carbocycles. The summed E-state index contributed by atoms with van der Waals surface area (Å²) in [5.74, 6) is -0.273. The van der Waals surface area contributed by atoms with Gasteiger partial charge in [-0.05, 0) is 36.1 Å². The van der Waals surface area contributed by atoms with E-state index in [0.717, 1.165) is 21.8 Å². The minimum Gasteiger partial charge on any atom is -0.481 e. The Morgan fingerprint density at radius 3 is 2.59 bits per heavy atom. The fourth-order valence-corrected chi connectivity index (χ4v) is 5.22. The summed E-state index contributed by atoms with van der Waals surface area (Å²) in [6.45, 7) is -0.0185. The van der Waals surface area contributed by atoms with Gasteiger partial charge in [0.25, 0.3) is 0 Å². The molecule has 3 atom stereocenters. The number of benzene rings is 2. The molecule has 11 heteroatoms. The van der Waals surface area contributed by atoms with Crippen molar-refractivity contribution in [1.82, 2.24) is 14.8 Å². The number of carboxylic acid groups (broad SMARTS) is 1. The highest BCUT2D eigenvalue weighted by molar-refractivity contribution is 7.99. The topological polar surface area (TPSA) is 136 Å².